The Morgan fingerprint density at radius 1 is 1.33 bits per heavy atom. The first-order chi connectivity index (χ1) is 8.47. The Hall–Kier alpha value is -1.75. The lowest BCUT2D eigenvalue weighted by atomic mass is 10.1. The molecule has 0 aliphatic carbocycles. The van der Waals surface area contributed by atoms with Crippen molar-refractivity contribution in [2.75, 3.05) is 0 Å². The molecule has 2 rings (SSSR count). The highest BCUT2D eigenvalue weighted by molar-refractivity contribution is 7.99. The largest absolute Gasteiger partial charge is 0.478 e. The smallest absolute Gasteiger partial charge is 0.336 e. The zero-order valence-electron chi connectivity index (χ0n) is 10.4. The van der Waals surface area contributed by atoms with Crippen molar-refractivity contribution in [2.24, 2.45) is 0 Å². The molecule has 5 heteroatoms. The molecule has 0 fully saturated rings. The summed E-state index contributed by atoms with van der Waals surface area (Å²) in [7, 11) is 0. The molecule has 0 unspecified atom stereocenters. The number of benzene rings is 1. The zero-order chi connectivity index (χ0) is 13.3. The molecule has 0 bridgehead atoms. The quantitative estimate of drug-likeness (QED) is 0.918. The van der Waals surface area contributed by atoms with Crippen molar-refractivity contribution in [3.8, 4) is 0 Å². The Balaban J connectivity index is 2.36. The van der Waals surface area contributed by atoms with E-state index in [1.807, 2.05) is 26.8 Å². The van der Waals surface area contributed by atoms with Crippen LogP contribution in [0.15, 0.2) is 32.7 Å². The number of carboxylic acid groups (broad SMARTS) is 1. The standard InChI is InChI=1S/C13H13NO3S/c1-7-4-5-11(10(6-7)12(15)16)18-13-14-8(2)9(3)17-13/h4-6H,1-3H3,(H,15,16). The van der Waals surface area contributed by atoms with Crippen molar-refractivity contribution in [3.63, 3.8) is 0 Å². The van der Waals surface area contributed by atoms with Gasteiger partial charge < -0.3 is 9.52 Å². The van der Waals surface area contributed by atoms with Crippen LogP contribution in [0.25, 0.3) is 0 Å². The topological polar surface area (TPSA) is 63.3 Å². The van der Waals surface area contributed by atoms with E-state index in [1.165, 1.54) is 11.8 Å². The van der Waals surface area contributed by atoms with Gasteiger partial charge in [-0.3, -0.25) is 0 Å². The van der Waals surface area contributed by atoms with Gasteiger partial charge in [0.05, 0.1) is 11.3 Å². The highest BCUT2D eigenvalue weighted by atomic mass is 32.2. The minimum absolute atomic E-state index is 0.272. The summed E-state index contributed by atoms with van der Waals surface area (Å²) in [6.45, 7) is 5.55. The molecule has 1 N–H and O–H groups in total. The van der Waals surface area contributed by atoms with E-state index in [4.69, 9.17) is 9.52 Å². The Morgan fingerprint density at radius 3 is 2.61 bits per heavy atom. The number of carbonyl (C=O) groups is 1. The van der Waals surface area contributed by atoms with Crippen molar-refractivity contribution >= 4 is 17.7 Å². The van der Waals surface area contributed by atoms with Crippen LogP contribution in [-0.4, -0.2) is 16.1 Å². The van der Waals surface area contributed by atoms with E-state index in [1.54, 1.807) is 12.1 Å². The van der Waals surface area contributed by atoms with Gasteiger partial charge in [-0.25, -0.2) is 9.78 Å². The lowest BCUT2D eigenvalue weighted by molar-refractivity contribution is 0.0693. The predicted molar refractivity (Wildman–Crippen MR) is 68.2 cm³/mol. The number of hydrogen-bond donors (Lipinski definition) is 1. The van der Waals surface area contributed by atoms with Gasteiger partial charge in [-0.2, -0.15) is 0 Å². The Bertz CT molecular complexity index is 585. The number of carboxylic acids is 1. The van der Waals surface area contributed by atoms with Crippen LogP contribution in [-0.2, 0) is 0 Å². The van der Waals surface area contributed by atoms with Crippen LogP contribution in [0.2, 0.25) is 0 Å². The van der Waals surface area contributed by atoms with E-state index in [9.17, 15) is 4.79 Å². The van der Waals surface area contributed by atoms with Crippen molar-refractivity contribution in [1.29, 1.82) is 0 Å². The van der Waals surface area contributed by atoms with Gasteiger partial charge in [0.2, 0.25) is 0 Å². The minimum Gasteiger partial charge on any atom is -0.478 e. The maximum Gasteiger partial charge on any atom is 0.336 e. The number of oxazole rings is 1. The summed E-state index contributed by atoms with van der Waals surface area (Å²) in [6, 6.07) is 5.29. The van der Waals surface area contributed by atoms with Gasteiger partial charge in [0.1, 0.15) is 5.76 Å². The van der Waals surface area contributed by atoms with E-state index >= 15 is 0 Å². The summed E-state index contributed by atoms with van der Waals surface area (Å²) < 4.78 is 5.44. The SMILES string of the molecule is Cc1ccc(Sc2nc(C)c(C)o2)c(C(=O)O)c1. The van der Waals surface area contributed by atoms with Gasteiger partial charge in [-0.05, 0) is 44.7 Å². The summed E-state index contributed by atoms with van der Waals surface area (Å²) in [4.78, 5) is 16.0. The first kappa shape index (κ1) is 12.7. The summed E-state index contributed by atoms with van der Waals surface area (Å²) >= 11 is 1.23. The number of hydrogen-bond acceptors (Lipinski definition) is 4. The predicted octanol–water partition coefficient (Wildman–Crippen LogP) is 3.45. The maximum atomic E-state index is 11.2. The molecule has 0 aliphatic rings. The second-order valence-corrected chi connectivity index (χ2v) is 5.02. The second kappa shape index (κ2) is 4.86. The lowest BCUT2D eigenvalue weighted by Gasteiger charge is -2.04. The van der Waals surface area contributed by atoms with E-state index in [0.29, 0.717) is 10.1 Å². The summed E-state index contributed by atoms with van der Waals surface area (Å²) in [6.07, 6.45) is 0. The molecule has 0 aliphatic heterocycles. The van der Waals surface area contributed by atoms with Crippen molar-refractivity contribution in [3.05, 3.63) is 40.8 Å². The average molecular weight is 263 g/mol. The monoisotopic (exact) mass is 263 g/mol. The summed E-state index contributed by atoms with van der Waals surface area (Å²) in [5.41, 5.74) is 2.01. The Labute approximate surface area is 109 Å². The van der Waals surface area contributed by atoms with Crippen LogP contribution in [0.1, 0.15) is 27.4 Å². The number of aryl methyl sites for hydroxylation is 3. The van der Waals surface area contributed by atoms with Crippen LogP contribution in [0.3, 0.4) is 0 Å². The van der Waals surface area contributed by atoms with Gasteiger partial charge in [0.15, 0.2) is 0 Å². The number of rotatable bonds is 3. The van der Waals surface area contributed by atoms with E-state index in [2.05, 4.69) is 4.98 Å². The van der Waals surface area contributed by atoms with Gasteiger partial charge in [-0.15, -0.1) is 0 Å². The molecular formula is C13H13NO3S. The Morgan fingerprint density at radius 2 is 2.06 bits per heavy atom. The normalized spacial score (nSPS) is 10.6. The van der Waals surface area contributed by atoms with Crippen LogP contribution in [0.5, 0.6) is 0 Å². The molecule has 0 saturated carbocycles. The fourth-order valence-corrected chi connectivity index (χ4v) is 2.41. The molecule has 0 saturated heterocycles. The molecule has 0 amide bonds. The molecule has 0 spiro atoms. The first-order valence-corrected chi connectivity index (χ1v) is 6.25. The van der Waals surface area contributed by atoms with E-state index < -0.39 is 5.97 Å². The zero-order valence-corrected chi connectivity index (χ0v) is 11.2. The third kappa shape index (κ3) is 2.56. The fourth-order valence-electron chi connectivity index (χ4n) is 1.48. The van der Waals surface area contributed by atoms with Gasteiger partial charge in [0.25, 0.3) is 5.22 Å². The molecule has 1 aromatic heterocycles. The van der Waals surface area contributed by atoms with Crippen molar-refractivity contribution in [1.82, 2.24) is 4.98 Å². The third-order valence-electron chi connectivity index (χ3n) is 2.57. The van der Waals surface area contributed by atoms with Crippen molar-refractivity contribution < 1.29 is 14.3 Å². The highest BCUT2D eigenvalue weighted by Crippen LogP contribution is 2.31. The minimum atomic E-state index is -0.943. The fraction of sp³-hybridized carbons (Fsp3) is 0.231. The first-order valence-electron chi connectivity index (χ1n) is 5.43. The lowest BCUT2D eigenvalue weighted by Crippen LogP contribution is -1.99. The molecule has 1 aromatic carbocycles. The van der Waals surface area contributed by atoms with Crippen LogP contribution < -0.4 is 0 Å². The van der Waals surface area contributed by atoms with Crippen LogP contribution >= 0.6 is 11.8 Å². The summed E-state index contributed by atoms with van der Waals surface area (Å²) in [5, 5.41) is 9.63. The van der Waals surface area contributed by atoms with Crippen molar-refractivity contribution in [2.45, 2.75) is 30.9 Å². The number of aromatic carboxylic acids is 1. The second-order valence-electron chi connectivity index (χ2n) is 4.03. The van der Waals surface area contributed by atoms with Gasteiger partial charge >= 0.3 is 5.97 Å². The molecule has 0 radical (unpaired) electrons. The van der Waals surface area contributed by atoms with E-state index in [-0.39, 0.29) is 5.56 Å². The van der Waals surface area contributed by atoms with Crippen LogP contribution in [0.4, 0.5) is 0 Å². The molecule has 18 heavy (non-hydrogen) atoms. The molecule has 2 aromatic rings. The molecule has 4 nitrogen and oxygen atoms in total. The molecule has 94 valence electrons. The molecule has 1 heterocycles. The molecular weight excluding hydrogens is 250 g/mol. The van der Waals surface area contributed by atoms with Crippen LogP contribution in [0, 0.1) is 20.8 Å². The summed E-state index contributed by atoms with van der Waals surface area (Å²) in [5.74, 6) is -0.192. The Kier molecular flexibility index (Phi) is 3.43. The number of aromatic nitrogens is 1. The van der Waals surface area contributed by atoms with E-state index in [0.717, 1.165) is 17.0 Å². The van der Waals surface area contributed by atoms with Gasteiger partial charge in [0, 0.05) is 4.90 Å². The average Bonchev–Trinajstić information content (AvgIpc) is 2.60. The third-order valence-corrected chi connectivity index (χ3v) is 3.50. The van der Waals surface area contributed by atoms with Gasteiger partial charge in [-0.1, -0.05) is 11.6 Å². The number of nitrogens with zero attached hydrogens (tertiary/aromatic N) is 1. The highest BCUT2D eigenvalue weighted by Gasteiger charge is 2.14. The maximum absolute atomic E-state index is 11.2. The molecule has 0 atom stereocenters.